The molecule has 0 aromatic rings. The Morgan fingerprint density at radius 3 is 2.71 bits per heavy atom. The first-order chi connectivity index (χ1) is 8.09. The van der Waals surface area contributed by atoms with Crippen molar-refractivity contribution in [1.29, 1.82) is 0 Å². The van der Waals surface area contributed by atoms with Crippen LogP contribution in [0.2, 0.25) is 0 Å². The molecule has 98 valence electrons. The molecule has 2 fully saturated rings. The lowest BCUT2D eigenvalue weighted by atomic mass is 9.94. The van der Waals surface area contributed by atoms with Crippen molar-refractivity contribution in [3.63, 3.8) is 0 Å². The summed E-state index contributed by atoms with van der Waals surface area (Å²) in [6, 6.07) is 0.139. The molecule has 0 radical (unpaired) electrons. The molecule has 1 heterocycles. The van der Waals surface area contributed by atoms with E-state index in [2.05, 4.69) is 10.6 Å². The second kappa shape index (κ2) is 5.33. The predicted molar refractivity (Wildman–Crippen MR) is 63.6 cm³/mol. The summed E-state index contributed by atoms with van der Waals surface area (Å²) in [5.41, 5.74) is -0.716. The van der Waals surface area contributed by atoms with Crippen molar-refractivity contribution in [2.75, 3.05) is 19.8 Å². The Morgan fingerprint density at radius 1 is 1.47 bits per heavy atom. The topological polar surface area (TPSA) is 70.6 Å². The summed E-state index contributed by atoms with van der Waals surface area (Å²) < 4.78 is 5.21. The number of ether oxygens (including phenoxy) is 1. The standard InChI is InChI=1S/C12H22N2O3/c1-9(11(15)14-10-2-3-10)13-8-12(16)4-6-17-7-5-12/h9-10,13,16H,2-8H2,1H3,(H,14,15). The molecule has 1 saturated carbocycles. The maximum atomic E-state index is 11.7. The van der Waals surface area contributed by atoms with Gasteiger partial charge in [-0.2, -0.15) is 0 Å². The van der Waals surface area contributed by atoms with Gasteiger partial charge in [0.1, 0.15) is 0 Å². The molecule has 1 amide bonds. The highest BCUT2D eigenvalue weighted by Crippen LogP contribution is 2.20. The second-order valence-corrected chi connectivity index (χ2v) is 5.22. The van der Waals surface area contributed by atoms with Gasteiger partial charge in [0.25, 0.3) is 0 Å². The van der Waals surface area contributed by atoms with Gasteiger partial charge in [0, 0.05) is 38.6 Å². The first-order valence-corrected chi connectivity index (χ1v) is 6.43. The van der Waals surface area contributed by atoms with Crippen LogP contribution in [0.3, 0.4) is 0 Å². The molecular formula is C12H22N2O3. The van der Waals surface area contributed by atoms with Crippen molar-refractivity contribution in [2.24, 2.45) is 0 Å². The van der Waals surface area contributed by atoms with Gasteiger partial charge in [0.15, 0.2) is 0 Å². The van der Waals surface area contributed by atoms with Crippen LogP contribution >= 0.6 is 0 Å². The van der Waals surface area contributed by atoms with Crippen molar-refractivity contribution in [1.82, 2.24) is 10.6 Å². The summed E-state index contributed by atoms with van der Waals surface area (Å²) >= 11 is 0. The van der Waals surface area contributed by atoms with E-state index in [0.29, 0.717) is 38.6 Å². The van der Waals surface area contributed by atoms with E-state index < -0.39 is 5.60 Å². The fourth-order valence-electron chi connectivity index (χ4n) is 1.92. The molecule has 17 heavy (non-hydrogen) atoms. The lowest BCUT2D eigenvalue weighted by Crippen LogP contribution is -2.51. The highest BCUT2D eigenvalue weighted by Gasteiger charge is 2.31. The normalized spacial score (nSPS) is 25.3. The first kappa shape index (κ1) is 12.8. The van der Waals surface area contributed by atoms with Crippen LogP contribution in [-0.4, -0.2) is 48.5 Å². The van der Waals surface area contributed by atoms with Crippen molar-refractivity contribution < 1.29 is 14.6 Å². The SMILES string of the molecule is CC(NCC1(O)CCOCC1)C(=O)NC1CC1. The Balaban J connectivity index is 1.70. The fourth-order valence-corrected chi connectivity index (χ4v) is 1.92. The predicted octanol–water partition coefficient (Wildman–Crippen LogP) is -0.215. The van der Waals surface area contributed by atoms with Gasteiger partial charge in [-0.05, 0) is 19.8 Å². The first-order valence-electron chi connectivity index (χ1n) is 6.43. The molecule has 1 aliphatic carbocycles. The summed E-state index contributed by atoms with van der Waals surface area (Å²) in [6.45, 7) is 3.48. The molecule has 3 N–H and O–H groups in total. The molecule has 0 spiro atoms. The van der Waals surface area contributed by atoms with Crippen molar-refractivity contribution in [3.8, 4) is 0 Å². The molecule has 1 atom stereocenters. The van der Waals surface area contributed by atoms with E-state index in [-0.39, 0.29) is 11.9 Å². The number of amides is 1. The van der Waals surface area contributed by atoms with Gasteiger partial charge in [0.2, 0.25) is 5.91 Å². The van der Waals surface area contributed by atoms with Gasteiger partial charge in [-0.25, -0.2) is 0 Å². The van der Waals surface area contributed by atoms with Crippen LogP contribution in [0, 0.1) is 0 Å². The zero-order valence-electron chi connectivity index (χ0n) is 10.4. The van der Waals surface area contributed by atoms with E-state index in [1.54, 1.807) is 0 Å². The monoisotopic (exact) mass is 242 g/mol. The van der Waals surface area contributed by atoms with E-state index in [0.717, 1.165) is 12.8 Å². The van der Waals surface area contributed by atoms with Gasteiger partial charge in [0.05, 0.1) is 11.6 Å². The fraction of sp³-hybridized carbons (Fsp3) is 0.917. The summed E-state index contributed by atoms with van der Waals surface area (Å²) in [6.07, 6.45) is 3.47. The van der Waals surface area contributed by atoms with Gasteiger partial charge in [-0.3, -0.25) is 4.79 Å². The summed E-state index contributed by atoms with van der Waals surface area (Å²) in [5, 5.41) is 16.3. The molecule has 2 aliphatic rings. The zero-order chi connectivity index (χ0) is 12.3. The van der Waals surface area contributed by atoms with Crippen LogP contribution in [0.1, 0.15) is 32.6 Å². The third-order valence-electron chi connectivity index (χ3n) is 3.48. The lowest BCUT2D eigenvalue weighted by molar-refractivity contribution is -0.123. The third-order valence-corrected chi connectivity index (χ3v) is 3.48. The van der Waals surface area contributed by atoms with E-state index in [1.165, 1.54) is 0 Å². The quantitative estimate of drug-likeness (QED) is 0.623. The van der Waals surface area contributed by atoms with Crippen LogP contribution in [0.4, 0.5) is 0 Å². The maximum Gasteiger partial charge on any atom is 0.237 e. The van der Waals surface area contributed by atoms with Crippen LogP contribution in [-0.2, 0) is 9.53 Å². The molecule has 5 nitrogen and oxygen atoms in total. The second-order valence-electron chi connectivity index (χ2n) is 5.22. The smallest absolute Gasteiger partial charge is 0.237 e. The van der Waals surface area contributed by atoms with Crippen LogP contribution in [0.25, 0.3) is 0 Å². The number of hydrogen-bond donors (Lipinski definition) is 3. The zero-order valence-corrected chi connectivity index (χ0v) is 10.4. The summed E-state index contributed by atoms with van der Waals surface area (Å²) in [4.78, 5) is 11.7. The number of carbonyl (C=O) groups excluding carboxylic acids is 1. The number of rotatable bonds is 5. The van der Waals surface area contributed by atoms with Crippen molar-refractivity contribution in [2.45, 2.75) is 50.3 Å². The summed E-state index contributed by atoms with van der Waals surface area (Å²) in [5.74, 6) is 0.0307. The number of hydrogen-bond acceptors (Lipinski definition) is 4. The molecule has 5 heteroatoms. The minimum Gasteiger partial charge on any atom is -0.388 e. The Labute approximate surface area is 102 Å². The molecule has 1 aliphatic heterocycles. The van der Waals surface area contributed by atoms with Gasteiger partial charge in [-0.1, -0.05) is 0 Å². The van der Waals surface area contributed by atoms with E-state index in [4.69, 9.17) is 4.74 Å². The third kappa shape index (κ3) is 3.94. The largest absolute Gasteiger partial charge is 0.388 e. The van der Waals surface area contributed by atoms with E-state index >= 15 is 0 Å². The van der Waals surface area contributed by atoms with Crippen LogP contribution in [0.5, 0.6) is 0 Å². The molecule has 1 unspecified atom stereocenters. The molecule has 0 aromatic carbocycles. The van der Waals surface area contributed by atoms with Crippen molar-refractivity contribution >= 4 is 5.91 Å². The van der Waals surface area contributed by atoms with E-state index in [9.17, 15) is 9.90 Å². The average molecular weight is 242 g/mol. The van der Waals surface area contributed by atoms with Crippen molar-refractivity contribution in [3.05, 3.63) is 0 Å². The minimum absolute atomic E-state index is 0.0307. The number of aliphatic hydroxyl groups is 1. The number of carbonyl (C=O) groups is 1. The Morgan fingerprint density at radius 2 is 2.12 bits per heavy atom. The van der Waals surface area contributed by atoms with Gasteiger partial charge in [-0.15, -0.1) is 0 Å². The van der Waals surface area contributed by atoms with Gasteiger partial charge >= 0.3 is 0 Å². The molecule has 0 bridgehead atoms. The Bertz CT molecular complexity index is 273. The Hall–Kier alpha value is -0.650. The average Bonchev–Trinajstić information content (AvgIpc) is 3.11. The van der Waals surface area contributed by atoms with Crippen LogP contribution < -0.4 is 10.6 Å². The molecule has 2 rings (SSSR count). The molecular weight excluding hydrogens is 220 g/mol. The van der Waals surface area contributed by atoms with Gasteiger partial charge < -0.3 is 20.5 Å². The highest BCUT2D eigenvalue weighted by molar-refractivity contribution is 5.81. The molecule has 0 aromatic heterocycles. The Kier molecular flexibility index (Phi) is 4.01. The summed E-state index contributed by atoms with van der Waals surface area (Å²) in [7, 11) is 0. The van der Waals surface area contributed by atoms with Crippen LogP contribution in [0.15, 0.2) is 0 Å². The maximum absolute atomic E-state index is 11.7. The van der Waals surface area contributed by atoms with E-state index in [1.807, 2.05) is 6.92 Å². The minimum atomic E-state index is -0.716. The number of nitrogens with one attached hydrogen (secondary N) is 2. The highest BCUT2D eigenvalue weighted by atomic mass is 16.5. The molecule has 1 saturated heterocycles. The lowest BCUT2D eigenvalue weighted by Gasteiger charge is -2.33.